The fraction of sp³-hybridized carbons (Fsp3) is 0.714. The second kappa shape index (κ2) is 9.50. The topological polar surface area (TPSA) is 65.4 Å². The second-order valence-corrected chi connectivity index (χ2v) is 4.82. The van der Waals surface area contributed by atoms with Crippen LogP contribution in [-0.4, -0.2) is 43.0 Å². The molecule has 0 spiro atoms. The van der Waals surface area contributed by atoms with E-state index in [2.05, 4.69) is 10.3 Å². The molecule has 1 heterocycles. The Kier molecular flexibility index (Phi) is 7.91. The second-order valence-electron chi connectivity index (χ2n) is 4.82. The molecule has 0 saturated carbocycles. The van der Waals surface area contributed by atoms with Gasteiger partial charge in [0.05, 0.1) is 13.2 Å². The predicted molar refractivity (Wildman–Crippen MR) is 79.3 cm³/mol. The van der Waals surface area contributed by atoms with Gasteiger partial charge in [-0.25, -0.2) is 4.98 Å². The van der Waals surface area contributed by atoms with Gasteiger partial charge >= 0.3 is 0 Å². The van der Waals surface area contributed by atoms with Gasteiger partial charge in [-0.2, -0.15) is 0 Å². The molecule has 6 nitrogen and oxygen atoms in total. The molecule has 1 aromatic rings. The highest BCUT2D eigenvalue weighted by molar-refractivity contribution is 5.30. The van der Waals surface area contributed by atoms with E-state index < -0.39 is 0 Å². The molecule has 0 bridgehead atoms. The number of unbranched alkanes of at least 4 members (excludes halogenated alkanes) is 1. The van der Waals surface area contributed by atoms with Crippen LogP contribution in [0.3, 0.4) is 0 Å². The van der Waals surface area contributed by atoms with Gasteiger partial charge < -0.3 is 19.4 Å². The Morgan fingerprint density at radius 1 is 1.30 bits per heavy atom. The lowest BCUT2D eigenvalue weighted by Gasteiger charge is -2.11. The van der Waals surface area contributed by atoms with Crippen molar-refractivity contribution < 1.29 is 9.47 Å². The quantitative estimate of drug-likeness (QED) is 0.662. The maximum atomic E-state index is 12.0. The first-order chi connectivity index (χ1) is 9.66. The van der Waals surface area contributed by atoms with Crippen LogP contribution in [0.15, 0.2) is 17.2 Å². The van der Waals surface area contributed by atoms with Gasteiger partial charge in [-0.3, -0.25) is 4.79 Å². The standard InChI is InChI=1S/C14H25N3O3/c1-12(2)17-8-7-16-13(14(17)18)15-6-4-5-9-20-11-10-19-3/h7-8,12H,4-6,9-11H2,1-3H3,(H,15,16). The Morgan fingerprint density at radius 3 is 2.80 bits per heavy atom. The third-order valence-corrected chi connectivity index (χ3v) is 2.86. The first-order valence-corrected chi connectivity index (χ1v) is 7.04. The smallest absolute Gasteiger partial charge is 0.293 e. The van der Waals surface area contributed by atoms with E-state index in [1.165, 1.54) is 0 Å². The maximum Gasteiger partial charge on any atom is 0.293 e. The molecule has 0 fully saturated rings. The van der Waals surface area contributed by atoms with E-state index in [1.54, 1.807) is 24.1 Å². The number of methoxy groups -OCH3 is 1. The van der Waals surface area contributed by atoms with Crippen molar-refractivity contribution in [3.05, 3.63) is 22.7 Å². The fourth-order valence-electron chi connectivity index (χ4n) is 1.73. The van der Waals surface area contributed by atoms with Crippen LogP contribution in [0.1, 0.15) is 32.7 Å². The monoisotopic (exact) mass is 283 g/mol. The molecule has 0 atom stereocenters. The first kappa shape index (κ1) is 16.7. The summed E-state index contributed by atoms with van der Waals surface area (Å²) in [5, 5.41) is 3.09. The number of anilines is 1. The van der Waals surface area contributed by atoms with E-state index in [4.69, 9.17) is 9.47 Å². The van der Waals surface area contributed by atoms with Crippen LogP contribution in [0.25, 0.3) is 0 Å². The SMILES string of the molecule is COCCOCCCCNc1nccn(C(C)C)c1=O. The molecule has 0 radical (unpaired) electrons. The van der Waals surface area contributed by atoms with Gasteiger partial charge in [-0.05, 0) is 26.7 Å². The molecule has 1 aromatic heterocycles. The zero-order valence-corrected chi connectivity index (χ0v) is 12.6. The van der Waals surface area contributed by atoms with Crippen molar-refractivity contribution in [3.8, 4) is 0 Å². The molecule has 0 aliphatic heterocycles. The van der Waals surface area contributed by atoms with Crippen molar-refractivity contribution in [2.45, 2.75) is 32.7 Å². The number of nitrogens with one attached hydrogen (secondary N) is 1. The van der Waals surface area contributed by atoms with Crippen molar-refractivity contribution in [1.82, 2.24) is 9.55 Å². The van der Waals surface area contributed by atoms with E-state index in [9.17, 15) is 4.79 Å². The Hall–Kier alpha value is -1.40. The van der Waals surface area contributed by atoms with Crippen molar-refractivity contribution in [1.29, 1.82) is 0 Å². The molecular formula is C14H25N3O3. The van der Waals surface area contributed by atoms with Gasteiger partial charge in [0.25, 0.3) is 5.56 Å². The number of aromatic nitrogens is 2. The summed E-state index contributed by atoms with van der Waals surface area (Å²) in [6.07, 6.45) is 5.24. The number of hydrogen-bond donors (Lipinski definition) is 1. The summed E-state index contributed by atoms with van der Waals surface area (Å²) >= 11 is 0. The van der Waals surface area contributed by atoms with Gasteiger partial charge in [0, 0.05) is 38.7 Å². The van der Waals surface area contributed by atoms with Crippen LogP contribution >= 0.6 is 0 Å². The Balaban J connectivity index is 2.26. The highest BCUT2D eigenvalue weighted by Crippen LogP contribution is 2.01. The van der Waals surface area contributed by atoms with Crippen LogP contribution in [0, 0.1) is 0 Å². The van der Waals surface area contributed by atoms with Crippen LogP contribution < -0.4 is 10.9 Å². The molecule has 6 heteroatoms. The van der Waals surface area contributed by atoms with E-state index in [-0.39, 0.29) is 11.6 Å². The number of hydrogen-bond acceptors (Lipinski definition) is 5. The number of nitrogens with zero attached hydrogens (tertiary/aromatic N) is 2. The molecule has 0 aromatic carbocycles. The third kappa shape index (κ3) is 5.71. The van der Waals surface area contributed by atoms with Crippen LogP contribution in [-0.2, 0) is 9.47 Å². The highest BCUT2D eigenvalue weighted by atomic mass is 16.5. The van der Waals surface area contributed by atoms with E-state index >= 15 is 0 Å². The molecular weight excluding hydrogens is 258 g/mol. The Morgan fingerprint density at radius 2 is 2.10 bits per heavy atom. The molecule has 0 aliphatic rings. The summed E-state index contributed by atoms with van der Waals surface area (Å²) in [5.41, 5.74) is -0.0705. The summed E-state index contributed by atoms with van der Waals surface area (Å²) in [6.45, 7) is 6.64. The Bertz CT molecular complexity index is 432. The van der Waals surface area contributed by atoms with Crippen molar-refractivity contribution >= 4 is 5.82 Å². The molecule has 0 aliphatic carbocycles. The van der Waals surface area contributed by atoms with Crippen LogP contribution in [0.5, 0.6) is 0 Å². The number of rotatable bonds is 10. The lowest BCUT2D eigenvalue weighted by atomic mass is 10.3. The third-order valence-electron chi connectivity index (χ3n) is 2.86. The largest absolute Gasteiger partial charge is 0.382 e. The molecule has 114 valence electrons. The van der Waals surface area contributed by atoms with Crippen LogP contribution in [0.2, 0.25) is 0 Å². The Labute approximate surface area is 120 Å². The van der Waals surface area contributed by atoms with E-state index in [1.807, 2.05) is 13.8 Å². The zero-order chi connectivity index (χ0) is 14.8. The lowest BCUT2D eigenvalue weighted by molar-refractivity contribution is 0.0691. The average Bonchev–Trinajstić information content (AvgIpc) is 2.43. The molecule has 0 saturated heterocycles. The van der Waals surface area contributed by atoms with Crippen molar-refractivity contribution in [3.63, 3.8) is 0 Å². The normalized spacial score (nSPS) is 11.0. The highest BCUT2D eigenvalue weighted by Gasteiger charge is 2.06. The molecule has 1 N–H and O–H groups in total. The molecule has 1 rings (SSSR count). The van der Waals surface area contributed by atoms with Gasteiger partial charge in [0.15, 0.2) is 5.82 Å². The molecule has 20 heavy (non-hydrogen) atoms. The average molecular weight is 283 g/mol. The lowest BCUT2D eigenvalue weighted by Crippen LogP contribution is -2.26. The van der Waals surface area contributed by atoms with Crippen molar-refractivity contribution in [2.75, 3.05) is 38.8 Å². The summed E-state index contributed by atoms with van der Waals surface area (Å²) < 4.78 is 11.9. The first-order valence-electron chi connectivity index (χ1n) is 7.04. The molecule has 0 amide bonds. The molecule has 0 unspecified atom stereocenters. The summed E-state index contributed by atoms with van der Waals surface area (Å²) in [4.78, 5) is 16.1. The summed E-state index contributed by atoms with van der Waals surface area (Å²) in [5.74, 6) is 0.418. The van der Waals surface area contributed by atoms with Gasteiger partial charge in [0.1, 0.15) is 0 Å². The van der Waals surface area contributed by atoms with Crippen LogP contribution in [0.4, 0.5) is 5.82 Å². The zero-order valence-electron chi connectivity index (χ0n) is 12.6. The van der Waals surface area contributed by atoms with Gasteiger partial charge in [0.2, 0.25) is 0 Å². The minimum atomic E-state index is -0.0705. The summed E-state index contributed by atoms with van der Waals surface area (Å²) in [7, 11) is 1.66. The van der Waals surface area contributed by atoms with Crippen molar-refractivity contribution in [2.24, 2.45) is 0 Å². The van der Waals surface area contributed by atoms with Gasteiger partial charge in [-0.1, -0.05) is 0 Å². The van der Waals surface area contributed by atoms with E-state index in [0.29, 0.717) is 25.6 Å². The van der Waals surface area contributed by atoms with E-state index in [0.717, 1.165) is 19.4 Å². The minimum Gasteiger partial charge on any atom is -0.382 e. The summed E-state index contributed by atoms with van der Waals surface area (Å²) in [6, 6.07) is 0.139. The van der Waals surface area contributed by atoms with Gasteiger partial charge in [-0.15, -0.1) is 0 Å². The maximum absolute atomic E-state index is 12.0. The predicted octanol–water partition coefficient (Wildman–Crippen LogP) is 1.68. The fourth-order valence-corrected chi connectivity index (χ4v) is 1.73. The number of ether oxygens (including phenoxy) is 2. The minimum absolute atomic E-state index is 0.0705.